The molecule has 1 aliphatic rings. The Kier molecular flexibility index (Phi) is 5.41. The predicted molar refractivity (Wildman–Crippen MR) is 64.6 cm³/mol. The van der Waals surface area contributed by atoms with Gasteiger partial charge in [0.2, 0.25) is 5.91 Å². The summed E-state index contributed by atoms with van der Waals surface area (Å²) in [5.74, 6) is -0.0782. The number of carboxylic acid groups (broad SMARTS) is 1. The normalized spacial score (nSPS) is 15.0. The van der Waals surface area contributed by atoms with Gasteiger partial charge in [0, 0.05) is 6.54 Å². The van der Waals surface area contributed by atoms with Crippen LogP contribution in [-0.4, -0.2) is 48.1 Å². The molecule has 0 heterocycles. The van der Waals surface area contributed by atoms with Gasteiger partial charge in [0.25, 0.3) is 0 Å². The fourth-order valence-electron chi connectivity index (χ4n) is 1.68. The highest BCUT2D eigenvalue weighted by Crippen LogP contribution is 2.27. The van der Waals surface area contributed by atoms with Gasteiger partial charge in [0.05, 0.1) is 6.54 Å². The summed E-state index contributed by atoms with van der Waals surface area (Å²) in [5, 5.41) is 11.8. The summed E-state index contributed by atoms with van der Waals surface area (Å²) in [7, 11) is 0. The maximum Gasteiger partial charge on any atom is 0.323 e. The Bertz CT molecular complexity index is 275. The van der Waals surface area contributed by atoms with Crippen LogP contribution in [0.5, 0.6) is 0 Å². The summed E-state index contributed by atoms with van der Waals surface area (Å²) in [6, 6.07) is 0. The molecule has 0 aromatic carbocycles. The summed E-state index contributed by atoms with van der Waals surface area (Å²) < 4.78 is 0. The monoisotopic (exact) mass is 242 g/mol. The average Bonchev–Trinajstić information content (AvgIpc) is 2.99. The van der Waals surface area contributed by atoms with E-state index in [1.807, 2.05) is 13.8 Å². The van der Waals surface area contributed by atoms with Gasteiger partial charge in [0.15, 0.2) is 0 Å². The van der Waals surface area contributed by atoms with E-state index < -0.39 is 5.97 Å². The van der Waals surface area contributed by atoms with Crippen LogP contribution in [0.3, 0.4) is 0 Å². The van der Waals surface area contributed by atoms with Crippen LogP contribution in [0.25, 0.3) is 0 Å². The van der Waals surface area contributed by atoms with Gasteiger partial charge in [-0.3, -0.25) is 9.59 Å². The van der Waals surface area contributed by atoms with Gasteiger partial charge >= 0.3 is 5.97 Å². The van der Waals surface area contributed by atoms with Crippen molar-refractivity contribution in [3.05, 3.63) is 0 Å². The van der Waals surface area contributed by atoms with Crippen LogP contribution in [0.4, 0.5) is 0 Å². The van der Waals surface area contributed by atoms with Crippen LogP contribution < -0.4 is 5.32 Å². The lowest BCUT2D eigenvalue weighted by Crippen LogP contribution is -2.43. The van der Waals surface area contributed by atoms with Crippen LogP contribution in [0.1, 0.15) is 26.7 Å². The minimum Gasteiger partial charge on any atom is -0.480 e. The van der Waals surface area contributed by atoms with Crippen LogP contribution in [-0.2, 0) is 9.59 Å². The van der Waals surface area contributed by atoms with Gasteiger partial charge in [0.1, 0.15) is 6.54 Å². The molecule has 1 amide bonds. The molecule has 5 nitrogen and oxygen atoms in total. The molecule has 0 aliphatic heterocycles. The number of rotatable bonds is 8. The number of amides is 1. The van der Waals surface area contributed by atoms with Crippen molar-refractivity contribution in [2.75, 3.05) is 26.2 Å². The number of carbonyl (C=O) groups is 2. The molecule has 1 rings (SSSR count). The molecule has 0 aromatic heterocycles. The zero-order valence-corrected chi connectivity index (χ0v) is 10.6. The van der Waals surface area contributed by atoms with Crippen molar-refractivity contribution in [1.29, 1.82) is 0 Å². The molecule has 5 heteroatoms. The van der Waals surface area contributed by atoms with Crippen LogP contribution in [0, 0.1) is 11.8 Å². The first-order valence-corrected chi connectivity index (χ1v) is 6.19. The second-order valence-electron chi connectivity index (χ2n) is 5.14. The van der Waals surface area contributed by atoms with Crippen LogP contribution >= 0.6 is 0 Å². The fraction of sp³-hybridized carbons (Fsp3) is 0.833. The van der Waals surface area contributed by atoms with Crippen molar-refractivity contribution in [1.82, 2.24) is 10.2 Å². The maximum atomic E-state index is 11.8. The zero-order valence-electron chi connectivity index (χ0n) is 10.6. The molecule has 0 atom stereocenters. The van der Waals surface area contributed by atoms with Crippen molar-refractivity contribution < 1.29 is 14.7 Å². The second-order valence-corrected chi connectivity index (χ2v) is 5.14. The van der Waals surface area contributed by atoms with Crippen molar-refractivity contribution in [3.8, 4) is 0 Å². The molecule has 1 fully saturated rings. The van der Waals surface area contributed by atoms with Crippen molar-refractivity contribution in [2.45, 2.75) is 26.7 Å². The Morgan fingerprint density at radius 3 is 2.53 bits per heavy atom. The number of carboxylic acids is 1. The van der Waals surface area contributed by atoms with Gasteiger partial charge in [-0.2, -0.15) is 0 Å². The molecule has 17 heavy (non-hydrogen) atoms. The van der Waals surface area contributed by atoms with Gasteiger partial charge in [-0.25, -0.2) is 0 Å². The van der Waals surface area contributed by atoms with E-state index in [-0.39, 0.29) is 24.9 Å². The Morgan fingerprint density at radius 1 is 1.41 bits per heavy atom. The van der Waals surface area contributed by atoms with E-state index in [4.69, 9.17) is 5.11 Å². The third-order valence-electron chi connectivity index (χ3n) is 2.67. The zero-order chi connectivity index (χ0) is 12.8. The van der Waals surface area contributed by atoms with E-state index >= 15 is 0 Å². The Hall–Kier alpha value is -1.10. The fourth-order valence-corrected chi connectivity index (χ4v) is 1.68. The number of aliphatic carboxylic acids is 1. The number of nitrogens with zero attached hydrogens (tertiary/aromatic N) is 1. The SMILES string of the molecule is CC(C)CN(CC(=O)O)C(=O)CNCC1CC1. The van der Waals surface area contributed by atoms with Crippen LogP contribution in [0.15, 0.2) is 0 Å². The second kappa shape index (κ2) is 6.59. The number of hydrogen-bond donors (Lipinski definition) is 2. The third kappa shape index (κ3) is 6.26. The first kappa shape index (κ1) is 14.0. The molecule has 1 aliphatic carbocycles. The lowest BCUT2D eigenvalue weighted by molar-refractivity contribution is -0.144. The Morgan fingerprint density at radius 2 is 2.06 bits per heavy atom. The summed E-state index contributed by atoms with van der Waals surface area (Å²) in [4.78, 5) is 23.9. The van der Waals surface area contributed by atoms with Gasteiger partial charge in [-0.15, -0.1) is 0 Å². The Labute approximate surface area is 102 Å². The molecule has 0 unspecified atom stereocenters. The van der Waals surface area contributed by atoms with E-state index in [9.17, 15) is 9.59 Å². The molecule has 2 N–H and O–H groups in total. The molecule has 0 radical (unpaired) electrons. The lowest BCUT2D eigenvalue weighted by atomic mass is 10.2. The highest BCUT2D eigenvalue weighted by Gasteiger charge is 2.22. The summed E-state index contributed by atoms with van der Waals surface area (Å²) in [5.41, 5.74) is 0. The van der Waals surface area contributed by atoms with Crippen molar-refractivity contribution in [3.63, 3.8) is 0 Å². The third-order valence-corrected chi connectivity index (χ3v) is 2.67. The van der Waals surface area contributed by atoms with Crippen molar-refractivity contribution >= 4 is 11.9 Å². The summed E-state index contributed by atoms with van der Waals surface area (Å²) in [6.07, 6.45) is 2.48. The first-order valence-electron chi connectivity index (χ1n) is 6.19. The van der Waals surface area contributed by atoms with E-state index in [2.05, 4.69) is 5.32 Å². The summed E-state index contributed by atoms with van der Waals surface area (Å²) in [6.45, 7) is 5.35. The number of carbonyl (C=O) groups excluding carboxylic acids is 1. The topological polar surface area (TPSA) is 69.6 Å². The quantitative estimate of drug-likeness (QED) is 0.652. The minimum absolute atomic E-state index is 0.123. The Balaban J connectivity index is 2.31. The first-order chi connectivity index (χ1) is 7.99. The van der Waals surface area contributed by atoms with E-state index in [0.29, 0.717) is 6.54 Å². The molecular formula is C12H22N2O3. The molecule has 0 aromatic rings. The molecule has 1 saturated carbocycles. The highest BCUT2D eigenvalue weighted by molar-refractivity contribution is 5.82. The number of hydrogen-bond acceptors (Lipinski definition) is 3. The molecule has 0 saturated heterocycles. The van der Waals surface area contributed by atoms with E-state index in [1.165, 1.54) is 17.7 Å². The predicted octanol–water partition coefficient (Wildman–Crippen LogP) is 0.555. The number of nitrogens with one attached hydrogen (secondary N) is 1. The van der Waals surface area contributed by atoms with Gasteiger partial charge < -0.3 is 15.3 Å². The molecular weight excluding hydrogens is 220 g/mol. The molecule has 0 spiro atoms. The molecule has 98 valence electrons. The molecule has 0 bridgehead atoms. The van der Waals surface area contributed by atoms with Gasteiger partial charge in [-0.1, -0.05) is 13.8 Å². The lowest BCUT2D eigenvalue weighted by Gasteiger charge is -2.22. The van der Waals surface area contributed by atoms with E-state index in [0.717, 1.165) is 12.5 Å². The maximum absolute atomic E-state index is 11.8. The van der Waals surface area contributed by atoms with Crippen LogP contribution in [0.2, 0.25) is 0 Å². The van der Waals surface area contributed by atoms with Crippen molar-refractivity contribution in [2.24, 2.45) is 11.8 Å². The average molecular weight is 242 g/mol. The van der Waals surface area contributed by atoms with E-state index in [1.54, 1.807) is 0 Å². The summed E-state index contributed by atoms with van der Waals surface area (Å²) >= 11 is 0. The minimum atomic E-state index is -0.957. The smallest absolute Gasteiger partial charge is 0.323 e. The van der Waals surface area contributed by atoms with Gasteiger partial charge in [-0.05, 0) is 31.2 Å². The highest BCUT2D eigenvalue weighted by atomic mass is 16.4. The standard InChI is InChI=1S/C12H22N2O3/c1-9(2)7-14(8-12(16)17)11(15)6-13-5-10-3-4-10/h9-10,13H,3-8H2,1-2H3,(H,16,17). The largest absolute Gasteiger partial charge is 0.480 e.